The van der Waals surface area contributed by atoms with Crippen molar-refractivity contribution in [3.63, 3.8) is 0 Å². The summed E-state index contributed by atoms with van der Waals surface area (Å²) >= 11 is 0. The Morgan fingerprint density at radius 1 is 1.08 bits per heavy atom. The Bertz CT molecular complexity index is 215. The van der Waals surface area contributed by atoms with Crippen LogP contribution in [-0.2, 0) is 14.3 Å². The molecule has 0 aliphatic carbocycles. The summed E-state index contributed by atoms with van der Waals surface area (Å²) in [4.78, 5) is 23.3. The highest BCUT2D eigenvalue weighted by atomic mass is 16.6. The van der Waals surface area contributed by atoms with Gasteiger partial charge in [-0.25, -0.2) is 0 Å². The van der Waals surface area contributed by atoms with E-state index in [0.717, 1.165) is 0 Å². The van der Waals surface area contributed by atoms with E-state index in [0.29, 0.717) is 0 Å². The molecule has 74 valence electrons. The number of rotatable bonds is 4. The second kappa shape index (κ2) is 3.22. The summed E-state index contributed by atoms with van der Waals surface area (Å²) in [6, 6.07) is 0. The molecule has 3 nitrogen and oxygen atoms in total. The minimum atomic E-state index is -1.07. The summed E-state index contributed by atoms with van der Waals surface area (Å²) in [6.07, 6.45) is 0. The number of carbonyl (C=O) groups is 2. The zero-order valence-corrected chi connectivity index (χ0v) is 8.59. The van der Waals surface area contributed by atoms with Gasteiger partial charge in [-0.15, -0.1) is 0 Å². The van der Waals surface area contributed by atoms with Gasteiger partial charge in [0, 0.05) is 11.8 Å². The molecule has 1 heterocycles. The predicted molar refractivity (Wildman–Crippen MR) is 48.4 cm³/mol. The van der Waals surface area contributed by atoms with Gasteiger partial charge in [-0.1, -0.05) is 27.7 Å². The van der Waals surface area contributed by atoms with Gasteiger partial charge in [0.1, 0.15) is 0 Å². The summed E-state index contributed by atoms with van der Waals surface area (Å²) in [5.41, 5.74) is -1.07. The van der Waals surface area contributed by atoms with E-state index < -0.39 is 5.60 Å². The molecule has 0 spiro atoms. The Balaban J connectivity index is 2.78. The molecule has 1 saturated heterocycles. The van der Waals surface area contributed by atoms with E-state index in [-0.39, 0.29) is 30.0 Å². The van der Waals surface area contributed by atoms with Crippen LogP contribution in [0.2, 0.25) is 0 Å². The Morgan fingerprint density at radius 3 is 1.54 bits per heavy atom. The molecule has 1 rings (SSSR count). The van der Waals surface area contributed by atoms with Crippen LogP contribution in [0.25, 0.3) is 0 Å². The second-order valence-corrected chi connectivity index (χ2v) is 4.15. The van der Waals surface area contributed by atoms with Crippen LogP contribution < -0.4 is 0 Å². The molecule has 0 bridgehead atoms. The van der Waals surface area contributed by atoms with Crippen molar-refractivity contribution in [2.75, 3.05) is 6.61 Å². The molecule has 0 N–H and O–H groups in total. The Hall–Kier alpha value is -0.700. The number of carbonyl (C=O) groups excluding carboxylic acids is 2. The zero-order chi connectivity index (χ0) is 10.2. The third kappa shape index (κ3) is 1.66. The van der Waals surface area contributed by atoms with E-state index >= 15 is 0 Å². The third-order valence-corrected chi connectivity index (χ3v) is 2.28. The minimum absolute atomic E-state index is 0.0776. The first kappa shape index (κ1) is 10.4. The number of hydrogen-bond acceptors (Lipinski definition) is 3. The van der Waals surface area contributed by atoms with E-state index in [4.69, 9.17) is 4.74 Å². The zero-order valence-electron chi connectivity index (χ0n) is 8.59. The Labute approximate surface area is 78.5 Å². The summed E-state index contributed by atoms with van der Waals surface area (Å²) in [5, 5.41) is 0. The maximum Gasteiger partial charge on any atom is 0.208 e. The van der Waals surface area contributed by atoms with E-state index in [9.17, 15) is 9.59 Å². The monoisotopic (exact) mass is 184 g/mol. The SMILES string of the molecule is CC(C)C(=O)C1(C(=O)C(C)C)CO1. The molecule has 0 aromatic heterocycles. The molecule has 0 aromatic rings. The Morgan fingerprint density at radius 2 is 1.38 bits per heavy atom. The lowest BCUT2D eigenvalue weighted by Gasteiger charge is -2.13. The fourth-order valence-electron chi connectivity index (χ4n) is 1.41. The van der Waals surface area contributed by atoms with E-state index in [1.807, 2.05) is 0 Å². The van der Waals surface area contributed by atoms with Crippen molar-refractivity contribution in [2.45, 2.75) is 33.3 Å². The average molecular weight is 184 g/mol. The largest absolute Gasteiger partial charge is 0.353 e. The highest BCUT2D eigenvalue weighted by Gasteiger charge is 2.58. The van der Waals surface area contributed by atoms with Gasteiger partial charge in [0.25, 0.3) is 0 Å². The third-order valence-electron chi connectivity index (χ3n) is 2.28. The summed E-state index contributed by atoms with van der Waals surface area (Å²) in [7, 11) is 0. The highest BCUT2D eigenvalue weighted by Crippen LogP contribution is 2.34. The van der Waals surface area contributed by atoms with Gasteiger partial charge in [-0.2, -0.15) is 0 Å². The van der Waals surface area contributed by atoms with Crippen molar-refractivity contribution in [1.82, 2.24) is 0 Å². The van der Waals surface area contributed by atoms with Crippen molar-refractivity contribution in [3.05, 3.63) is 0 Å². The fraction of sp³-hybridized carbons (Fsp3) is 0.800. The lowest BCUT2D eigenvalue weighted by molar-refractivity contribution is -0.138. The molecule has 0 aromatic carbocycles. The number of ether oxygens (including phenoxy) is 1. The first-order valence-corrected chi connectivity index (χ1v) is 4.64. The molecule has 1 fully saturated rings. The van der Waals surface area contributed by atoms with Gasteiger partial charge in [0.15, 0.2) is 11.6 Å². The first-order valence-electron chi connectivity index (χ1n) is 4.64. The van der Waals surface area contributed by atoms with Crippen LogP contribution in [0.4, 0.5) is 0 Å². The molecule has 0 radical (unpaired) electrons. The molecule has 0 unspecified atom stereocenters. The number of hydrogen-bond donors (Lipinski definition) is 0. The standard InChI is InChI=1S/C10H16O3/c1-6(2)8(11)10(5-13-10)9(12)7(3)4/h6-7H,5H2,1-4H3. The maximum atomic E-state index is 11.6. The van der Waals surface area contributed by atoms with Crippen LogP contribution in [0.1, 0.15) is 27.7 Å². The van der Waals surface area contributed by atoms with Crippen molar-refractivity contribution in [1.29, 1.82) is 0 Å². The van der Waals surface area contributed by atoms with Gasteiger partial charge in [-0.05, 0) is 0 Å². The van der Waals surface area contributed by atoms with Crippen LogP contribution in [0.3, 0.4) is 0 Å². The van der Waals surface area contributed by atoms with Crippen LogP contribution in [0.15, 0.2) is 0 Å². The van der Waals surface area contributed by atoms with Crippen LogP contribution in [0, 0.1) is 11.8 Å². The first-order chi connectivity index (χ1) is 5.92. The molecular weight excluding hydrogens is 168 g/mol. The molecule has 0 amide bonds. The summed E-state index contributed by atoms with van der Waals surface area (Å²) in [6.45, 7) is 7.44. The van der Waals surface area contributed by atoms with Gasteiger partial charge in [-0.3, -0.25) is 9.59 Å². The quantitative estimate of drug-likeness (QED) is 0.487. The number of Topliss-reactive ketones (excluding diaryl/α,β-unsaturated/α-hetero) is 2. The van der Waals surface area contributed by atoms with Crippen molar-refractivity contribution >= 4 is 11.6 Å². The van der Waals surface area contributed by atoms with Gasteiger partial charge in [0.05, 0.1) is 6.61 Å². The number of ketones is 2. The highest BCUT2D eigenvalue weighted by molar-refractivity contribution is 6.14. The van der Waals surface area contributed by atoms with Crippen molar-refractivity contribution in [3.8, 4) is 0 Å². The fourth-order valence-corrected chi connectivity index (χ4v) is 1.41. The topological polar surface area (TPSA) is 46.7 Å². The molecular formula is C10H16O3. The molecule has 1 aliphatic heterocycles. The summed E-state index contributed by atoms with van der Waals surface area (Å²) < 4.78 is 5.04. The second-order valence-electron chi connectivity index (χ2n) is 4.15. The smallest absolute Gasteiger partial charge is 0.208 e. The predicted octanol–water partition coefficient (Wildman–Crippen LogP) is 1.21. The van der Waals surface area contributed by atoms with E-state index in [1.165, 1.54) is 0 Å². The normalized spacial score (nSPS) is 19.2. The molecule has 0 atom stereocenters. The molecule has 13 heavy (non-hydrogen) atoms. The van der Waals surface area contributed by atoms with Crippen LogP contribution >= 0.6 is 0 Å². The minimum Gasteiger partial charge on any atom is -0.353 e. The average Bonchev–Trinajstić information content (AvgIpc) is 2.81. The van der Waals surface area contributed by atoms with Crippen LogP contribution in [0.5, 0.6) is 0 Å². The van der Waals surface area contributed by atoms with Gasteiger partial charge < -0.3 is 4.74 Å². The summed E-state index contributed by atoms with van der Waals surface area (Å²) in [5.74, 6) is -0.423. The lowest BCUT2D eigenvalue weighted by Crippen LogP contribution is -2.39. The Kier molecular flexibility index (Phi) is 2.57. The van der Waals surface area contributed by atoms with Crippen molar-refractivity contribution in [2.24, 2.45) is 11.8 Å². The maximum absolute atomic E-state index is 11.6. The molecule has 3 heteroatoms. The molecule has 0 saturated carbocycles. The van der Waals surface area contributed by atoms with E-state index in [1.54, 1.807) is 27.7 Å². The van der Waals surface area contributed by atoms with Crippen molar-refractivity contribution < 1.29 is 14.3 Å². The van der Waals surface area contributed by atoms with Gasteiger partial charge >= 0.3 is 0 Å². The van der Waals surface area contributed by atoms with E-state index in [2.05, 4.69) is 0 Å². The lowest BCUT2D eigenvalue weighted by atomic mass is 9.87. The molecule has 1 aliphatic rings. The van der Waals surface area contributed by atoms with Crippen LogP contribution in [-0.4, -0.2) is 23.8 Å². The number of epoxide rings is 1. The van der Waals surface area contributed by atoms with Gasteiger partial charge in [0.2, 0.25) is 5.60 Å².